The number of fused-ring (bicyclic) bond motifs is 2. The Kier molecular flexibility index (Phi) is 4.60. The fraction of sp³-hybridized carbons (Fsp3) is 0.261. The number of benzene rings is 3. The zero-order valence-corrected chi connectivity index (χ0v) is 17.4. The van der Waals surface area contributed by atoms with Gasteiger partial charge in [-0.2, -0.15) is 17.9 Å². The summed E-state index contributed by atoms with van der Waals surface area (Å²) in [7, 11) is -3.82. The van der Waals surface area contributed by atoms with Crippen molar-refractivity contribution in [3.8, 4) is 0 Å². The van der Waals surface area contributed by atoms with Gasteiger partial charge in [0.2, 0.25) is 0 Å². The SMILES string of the molecule is O=S(=O)(c1cccc2ccccc12)N1N=C2CCCCC2C1c1ccc(Cl)cc1. The predicted molar refractivity (Wildman–Crippen MR) is 117 cm³/mol. The summed E-state index contributed by atoms with van der Waals surface area (Å²) in [5.41, 5.74) is 1.93. The minimum absolute atomic E-state index is 0.120. The molecule has 3 aromatic carbocycles. The summed E-state index contributed by atoms with van der Waals surface area (Å²) in [5.74, 6) is 0.120. The molecule has 1 fully saturated rings. The number of rotatable bonds is 3. The molecule has 1 heterocycles. The molecule has 2 unspecified atom stereocenters. The van der Waals surface area contributed by atoms with Gasteiger partial charge in [0, 0.05) is 22.0 Å². The average Bonchev–Trinajstić information content (AvgIpc) is 3.14. The molecular formula is C23H21ClN2O2S. The Morgan fingerprint density at radius 3 is 2.52 bits per heavy atom. The van der Waals surface area contributed by atoms with Crippen molar-refractivity contribution >= 4 is 38.1 Å². The Morgan fingerprint density at radius 1 is 0.931 bits per heavy atom. The molecule has 1 aliphatic carbocycles. The summed E-state index contributed by atoms with van der Waals surface area (Å²) in [6, 6.07) is 20.1. The maximum absolute atomic E-state index is 13.8. The highest BCUT2D eigenvalue weighted by Crippen LogP contribution is 2.45. The summed E-state index contributed by atoms with van der Waals surface area (Å²) in [6.45, 7) is 0. The summed E-state index contributed by atoms with van der Waals surface area (Å²) >= 11 is 6.08. The van der Waals surface area contributed by atoms with Crippen LogP contribution in [-0.2, 0) is 10.0 Å². The summed E-state index contributed by atoms with van der Waals surface area (Å²) in [5, 5.41) is 6.94. The van der Waals surface area contributed by atoms with Crippen molar-refractivity contribution in [2.45, 2.75) is 36.6 Å². The zero-order valence-electron chi connectivity index (χ0n) is 15.8. The van der Waals surface area contributed by atoms with Crippen LogP contribution in [0.2, 0.25) is 5.02 Å². The largest absolute Gasteiger partial charge is 0.280 e. The first-order valence-corrected chi connectivity index (χ1v) is 11.7. The van der Waals surface area contributed by atoms with Gasteiger partial charge in [-0.1, -0.05) is 66.6 Å². The van der Waals surface area contributed by atoms with Gasteiger partial charge in [0.15, 0.2) is 0 Å². The summed E-state index contributed by atoms with van der Waals surface area (Å²) < 4.78 is 29.0. The van der Waals surface area contributed by atoms with Gasteiger partial charge in [0.05, 0.1) is 10.9 Å². The van der Waals surface area contributed by atoms with Gasteiger partial charge in [0.25, 0.3) is 10.0 Å². The van der Waals surface area contributed by atoms with Crippen LogP contribution in [0.4, 0.5) is 0 Å². The number of hydrogen-bond donors (Lipinski definition) is 0. The van der Waals surface area contributed by atoms with Crippen LogP contribution in [0.15, 0.2) is 76.7 Å². The van der Waals surface area contributed by atoms with E-state index in [-0.39, 0.29) is 12.0 Å². The lowest BCUT2D eigenvalue weighted by Gasteiger charge is -2.29. The molecule has 0 bridgehead atoms. The van der Waals surface area contributed by atoms with Crippen molar-refractivity contribution in [1.29, 1.82) is 0 Å². The molecule has 0 amide bonds. The summed E-state index contributed by atoms with van der Waals surface area (Å²) in [6.07, 6.45) is 3.96. The lowest BCUT2D eigenvalue weighted by molar-refractivity contribution is 0.308. The zero-order chi connectivity index (χ0) is 20.0. The van der Waals surface area contributed by atoms with Gasteiger partial charge < -0.3 is 0 Å². The van der Waals surface area contributed by atoms with Crippen molar-refractivity contribution in [2.75, 3.05) is 0 Å². The average molecular weight is 425 g/mol. The predicted octanol–water partition coefficient (Wildman–Crippen LogP) is 5.79. The number of hydrogen-bond acceptors (Lipinski definition) is 3. The van der Waals surface area contributed by atoms with E-state index in [0.717, 1.165) is 47.7 Å². The smallest absolute Gasteiger partial charge is 0.200 e. The number of sulfonamides is 1. The molecule has 6 heteroatoms. The van der Waals surface area contributed by atoms with Crippen molar-refractivity contribution in [3.63, 3.8) is 0 Å². The second-order valence-corrected chi connectivity index (χ2v) is 9.90. The molecule has 0 N–H and O–H groups in total. The molecule has 0 spiro atoms. The van der Waals surface area contributed by atoms with Crippen LogP contribution in [-0.4, -0.2) is 18.5 Å². The van der Waals surface area contributed by atoms with Gasteiger partial charge >= 0.3 is 0 Å². The Balaban J connectivity index is 1.67. The third kappa shape index (κ3) is 3.13. The van der Waals surface area contributed by atoms with E-state index in [2.05, 4.69) is 5.10 Å². The van der Waals surface area contributed by atoms with Crippen molar-refractivity contribution < 1.29 is 8.42 Å². The molecule has 1 aliphatic heterocycles. The highest BCUT2D eigenvalue weighted by atomic mass is 35.5. The molecule has 0 radical (unpaired) electrons. The van der Waals surface area contributed by atoms with Crippen LogP contribution in [0.1, 0.15) is 37.3 Å². The van der Waals surface area contributed by atoms with Gasteiger partial charge in [-0.3, -0.25) is 0 Å². The minimum Gasteiger partial charge on any atom is -0.200 e. The first-order valence-electron chi connectivity index (χ1n) is 9.91. The molecule has 3 aromatic rings. The van der Waals surface area contributed by atoms with Crippen molar-refractivity contribution in [2.24, 2.45) is 11.0 Å². The van der Waals surface area contributed by atoms with Gasteiger partial charge in [-0.05, 0) is 48.4 Å². The van der Waals surface area contributed by atoms with Crippen LogP contribution in [0.3, 0.4) is 0 Å². The second-order valence-electron chi connectivity index (χ2n) is 7.69. The molecule has 5 rings (SSSR count). The van der Waals surface area contributed by atoms with Crippen LogP contribution >= 0.6 is 11.6 Å². The van der Waals surface area contributed by atoms with E-state index >= 15 is 0 Å². The van der Waals surface area contributed by atoms with Crippen LogP contribution in [0, 0.1) is 5.92 Å². The van der Waals surface area contributed by atoms with E-state index in [4.69, 9.17) is 11.6 Å². The van der Waals surface area contributed by atoms with E-state index in [9.17, 15) is 8.42 Å². The van der Waals surface area contributed by atoms with Crippen LogP contribution in [0.5, 0.6) is 0 Å². The fourth-order valence-electron chi connectivity index (χ4n) is 4.57. The van der Waals surface area contributed by atoms with E-state index in [1.807, 2.05) is 54.6 Å². The van der Waals surface area contributed by atoms with Gasteiger partial charge in [-0.25, -0.2) is 0 Å². The van der Waals surface area contributed by atoms with E-state index in [1.165, 1.54) is 4.41 Å². The summed E-state index contributed by atoms with van der Waals surface area (Å²) in [4.78, 5) is 0.303. The highest BCUT2D eigenvalue weighted by molar-refractivity contribution is 7.89. The standard InChI is InChI=1S/C23H21ClN2O2S/c24-18-14-12-17(13-15-18)23-20-9-3-4-10-21(20)25-26(23)29(27,28)22-11-5-7-16-6-1-2-8-19(16)22/h1-2,5-8,11-15,20,23H,3-4,9-10H2. The molecule has 4 nitrogen and oxygen atoms in total. The fourth-order valence-corrected chi connectivity index (χ4v) is 6.40. The maximum atomic E-state index is 13.8. The normalized spacial score (nSPS) is 21.8. The number of halogens is 1. The number of hydrazone groups is 1. The Bertz CT molecular complexity index is 1200. The third-order valence-corrected chi connectivity index (χ3v) is 7.92. The lowest BCUT2D eigenvalue weighted by atomic mass is 9.81. The van der Waals surface area contributed by atoms with E-state index in [1.54, 1.807) is 12.1 Å². The minimum atomic E-state index is -3.82. The van der Waals surface area contributed by atoms with Crippen molar-refractivity contribution in [3.05, 3.63) is 77.3 Å². The quantitative estimate of drug-likeness (QED) is 0.534. The topological polar surface area (TPSA) is 49.7 Å². The first-order chi connectivity index (χ1) is 14.1. The van der Waals surface area contributed by atoms with E-state index < -0.39 is 10.0 Å². The molecule has 1 saturated carbocycles. The van der Waals surface area contributed by atoms with Crippen LogP contribution < -0.4 is 0 Å². The van der Waals surface area contributed by atoms with Crippen molar-refractivity contribution in [1.82, 2.24) is 4.41 Å². The Labute approximate surface area is 175 Å². The molecule has 2 atom stereocenters. The van der Waals surface area contributed by atoms with Crippen LogP contribution in [0.25, 0.3) is 10.8 Å². The Morgan fingerprint density at radius 2 is 1.69 bits per heavy atom. The van der Waals surface area contributed by atoms with Gasteiger partial charge in [-0.15, -0.1) is 0 Å². The monoisotopic (exact) mass is 424 g/mol. The maximum Gasteiger partial charge on any atom is 0.280 e. The lowest BCUT2D eigenvalue weighted by Crippen LogP contribution is -2.31. The number of nitrogens with zero attached hydrogens (tertiary/aromatic N) is 2. The highest BCUT2D eigenvalue weighted by Gasteiger charge is 2.45. The molecule has 2 aliphatic rings. The van der Waals surface area contributed by atoms with E-state index in [0.29, 0.717) is 9.92 Å². The third-order valence-electron chi connectivity index (χ3n) is 5.96. The molecule has 0 aromatic heterocycles. The first kappa shape index (κ1) is 18.6. The Hall–Kier alpha value is -2.37. The van der Waals surface area contributed by atoms with Gasteiger partial charge in [0.1, 0.15) is 0 Å². The molecule has 148 valence electrons. The molecular weight excluding hydrogens is 404 g/mol. The molecule has 0 saturated heterocycles. The molecule has 29 heavy (non-hydrogen) atoms. The second kappa shape index (κ2) is 7.15.